The molecule has 1 unspecified atom stereocenters. The van der Waals surface area contributed by atoms with E-state index in [9.17, 15) is 9.90 Å². The molecule has 1 heterocycles. The van der Waals surface area contributed by atoms with Gasteiger partial charge in [0.1, 0.15) is 0 Å². The summed E-state index contributed by atoms with van der Waals surface area (Å²) in [7, 11) is 1.87. The van der Waals surface area contributed by atoms with Crippen LogP contribution in [0.25, 0.3) is 0 Å². The predicted molar refractivity (Wildman–Crippen MR) is 93.1 cm³/mol. The standard InChI is InChI=1S/C19H30N2O2/c1-4-16-5-7-17(8-6-16)13-20(3)19(23)14-21-11-9-18(10-12-21)15(2)22/h5-8,15,18,22H,4,9-14H2,1-3H3. The fourth-order valence-corrected chi connectivity index (χ4v) is 3.15. The smallest absolute Gasteiger partial charge is 0.236 e. The van der Waals surface area contributed by atoms with Gasteiger partial charge >= 0.3 is 0 Å². The van der Waals surface area contributed by atoms with Gasteiger partial charge < -0.3 is 10.0 Å². The minimum Gasteiger partial charge on any atom is -0.393 e. The Morgan fingerprint density at radius 2 is 1.83 bits per heavy atom. The van der Waals surface area contributed by atoms with Crippen LogP contribution in [0.15, 0.2) is 24.3 Å². The van der Waals surface area contributed by atoms with Gasteiger partial charge in [0.15, 0.2) is 0 Å². The van der Waals surface area contributed by atoms with E-state index in [1.807, 2.05) is 18.9 Å². The number of rotatable bonds is 6. The summed E-state index contributed by atoms with van der Waals surface area (Å²) in [4.78, 5) is 16.4. The Hall–Kier alpha value is -1.39. The van der Waals surface area contributed by atoms with Crippen molar-refractivity contribution in [2.24, 2.45) is 5.92 Å². The lowest BCUT2D eigenvalue weighted by Crippen LogP contribution is -2.43. The van der Waals surface area contributed by atoms with Crippen LogP contribution < -0.4 is 0 Å². The van der Waals surface area contributed by atoms with Crippen molar-refractivity contribution in [3.05, 3.63) is 35.4 Å². The molecule has 0 spiro atoms. The number of hydrogen-bond acceptors (Lipinski definition) is 3. The zero-order valence-electron chi connectivity index (χ0n) is 14.7. The van der Waals surface area contributed by atoms with E-state index >= 15 is 0 Å². The Morgan fingerprint density at radius 1 is 1.26 bits per heavy atom. The van der Waals surface area contributed by atoms with Gasteiger partial charge in [-0.15, -0.1) is 0 Å². The molecule has 2 rings (SSSR count). The molecule has 1 aromatic rings. The average molecular weight is 318 g/mol. The Morgan fingerprint density at radius 3 is 2.35 bits per heavy atom. The maximum atomic E-state index is 12.4. The van der Waals surface area contributed by atoms with Crippen LogP contribution >= 0.6 is 0 Å². The molecule has 0 aliphatic carbocycles. The van der Waals surface area contributed by atoms with E-state index in [4.69, 9.17) is 0 Å². The summed E-state index contributed by atoms with van der Waals surface area (Å²) < 4.78 is 0. The summed E-state index contributed by atoms with van der Waals surface area (Å²) in [6.07, 6.45) is 2.76. The van der Waals surface area contributed by atoms with Gasteiger partial charge in [-0.1, -0.05) is 31.2 Å². The van der Waals surface area contributed by atoms with Crippen LogP contribution in [0.2, 0.25) is 0 Å². The minimum atomic E-state index is -0.235. The summed E-state index contributed by atoms with van der Waals surface area (Å²) >= 11 is 0. The third kappa shape index (κ3) is 5.33. The Balaban J connectivity index is 1.78. The summed E-state index contributed by atoms with van der Waals surface area (Å²) in [5.41, 5.74) is 2.49. The molecular weight excluding hydrogens is 288 g/mol. The Bertz CT molecular complexity index is 491. The molecule has 4 nitrogen and oxygen atoms in total. The topological polar surface area (TPSA) is 43.8 Å². The monoisotopic (exact) mass is 318 g/mol. The van der Waals surface area contributed by atoms with Gasteiger partial charge in [0.05, 0.1) is 12.6 Å². The average Bonchev–Trinajstić information content (AvgIpc) is 2.56. The van der Waals surface area contributed by atoms with Crippen LogP contribution in [-0.4, -0.2) is 53.6 Å². The molecule has 0 bridgehead atoms. The third-order valence-electron chi connectivity index (χ3n) is 4.95. The highest BCUT2D eigenvalue weighted by atomic mass is 16.3. The van der Waals surface area contributed by atoms with Crippen LogP contribution in [-0.2, 0) is 17.8 Å². The first kappa shape index (κ1) is 18.0. The Kier molecular flexibility index (Phi) is 6.60. The van der Waals surface area contributed by atoms with Gasteiger partial charge in [0.25, 0.3) is 0 Å². The van der Waals surface area contributed by atoms with Crippen LogP contribution in [0.4, 0.5) is 0 Å². The van der Waals surface area contributed by atoms with Gasteiger partial charge in [0, 0.05) is 13.6 Å². The SMILES string of the molecule is CCc1ccc(CN(C)C(=O)CN2CCC(C(C)O)CC2)cc1. The summed E-state index contributed by atoms with van der Waals surface area (Å²) in [5.74, 6) is 0.552. The number of nitrogens with zero attached hydrogens (tertiary/aromatic N) is 2. The van der Waals surface area contributed by atoms with Crippen LogP contribution in [0.3, 0.4) is 0 Å². The third-order valence-corrected chi connectivity index (χ3v) is 4.95. The number of amides is 1. The zero-order valence-corrected chi connectivity index (χ0v) is 14.7. The lowest BCUT2D eigenvalue weighted by Gasteiger charge is -2.33. The number of carbonyl (C=O) groups is 1. The first-order valence-electron chi connectivity index (χ1n) is 8.71. The lowest BCUT2D eigenvalue weighted by molar-refractivity contribution is -0.132. The van der Waals surface area contributed by atoms with Crippen molar-refractivity contribution in [2.45, 2.75) is 45.8 Å². The molecule has 1 aromatic carbocycles. The summed E-state index contributed by atoms with van der Waals surface area (Å²) in [6.45, 7) is 6.96. The van der Waals surface area contributed by atoms with Crippen molar-refractivity contribution in [1.82, 2.24) is 9.80 Å². The van der Waals surface area contributed by atoms with E-state index in [1.165, 1.54) is 11.1 Å². The second-order valence-corrected chi connectivity index (χ2v) is 6.77. The number of likely N-dealkylation sites (tertiary alicyclic amines) is 1. The molecule has 1 aliphatic heterocycles. The zero-order chi connectivity index (χ0) is 16.8. The van der Waals surface area contributed by atoms with E-state index < -0.39 is 0 Å². The second kappa shape index (κ2) is 8.46. The van der Waals surface area contributed by atoms with Crippen LogP contribution in [0.5, 0.6) is 0 Å². The molecule has 128 valence electrons. The van der Waals surface area contributed by atoms with Crippen LogP contribution in [0, 0.1) is 5.92 Å². The van der Waals surface area contributed by atoms with Crippen LogP contribution in [0.1, 0.15) is 37.8 Å². The normalized spacial score (nSPS) is 17.9. The van der Waals surface area contributed by atoms with Gasteiger partial charge in [0.2, 0.25) is 5.91 Å². The quantitative estimate of drug-likeness (QED) is 0.875. The predicted octanol–water partition coefficient (Wildman–Crippen LogP) is 2.30. The number of aryl methyl sites for hydroxylation is 1. The fraction of sp³-hybridized carbons (Fsp3) is 0.632. The van der Waals surface area contributed by atoms with Gasteiger partial charge in [-0.2, -0.15) is 0 Å². The number of hydrogen-bond donors (Lipinski definition) is 1. The largest absolute Gasteiger partial charge is 0.393 e. The van der Waals surface area contributed by atoms with Crippen molar-refractivity contribution in [2.75, 3.05) is 26.7 Å². The molecule has 1 N–H and O–H groups in total. The number of carbonyl (C=O) groups excluding carboxylic acids is 1. The maximum Gasteiger partial charge on any atom is 0.236 e. The number of aliphatic hydroxyl groups excluding tert-OH is 1. The van der Waals surface area contributed by atoms with Crippen molar-refractivity contribution < 1.29 is 9.90 Å². The lowest BCUT2D eigenvalue weighted by atomic mass is 9.92. The molecule has 0 aromatic heterocycles. The molecule has 0 saturated carbocycles. The molecule has 0 radical (unpaired) electrons. The summed E-state index contributed by atoms with van der Waals surface area (Å²) in [5, 5.41) is 9.64. The van der Waals surface area contributed by atoms with E-state index in [0.717, 1.165) is 32.4 Å². The fourth-order valence-electron chi connectivity index (χ4n) is 3.15. The molecule has 23 heavy (non-hydrogen) atoms. The van der Waals surface area contributed by atoms with Crippen molar-refractivity contribution in [3.8, 4) is 0 Å². The highest BCUT2D eigenvalue weighted by Crippen LogP contribution is 2.20. The van der Waals surface area contributed by atoms with E-state index in [0.29, 0.717) is 19.0 Å². The van der Waals surface area contributed by atoms with E-state index in [1.54, 1.807) is 0 Å². The maximum absolute atomic E-state index is 12.4. The van der Waals surface area contributed by atoms with E-state index in [2.05, 4.69) is 36.1 Å². The second-order valence-electron chi connectivity index (χ2n) is 6.77. The minimum absolute atomic E-state index is 0.167. The van der Waals surface area contributed by atoms with Gasteiger partial charge in [-0.3, -0.25) is 9.69 Å². The van der Waals surface area contributed by atoms with Gasteiger partial charge in [-0.05, 0) is 56.3 Å². The summed E-state index contributed by atoms with van der Waals surface area (Å²) in [6, 6.07) is 8.48. The number of likely N-dealkylation sites (N-methyl/N-ethyl adjacent to an activating group) is 1. The van der Waals surface area contributed by atoms with Gasteiger partial charge in [-0.25, -0.2) is 0 Å². The molecule has 1 amide bonds. The van der Waals surface area contributed by atoms with Crippen molar-refractivity contribution >= 4 is 5.91 Å². The number of aliphatic hydroxyl groups is 1. The first-order chi connectivity index (χ1) is 11.0. The van der Waals surface area contributed by atoms with Crippen molar-refractivity contribution in [1.29, 1.82) is 0 Å². The van der Waals surface area contributed by atoms with Crippen molar-refractivity contribution in [3.63, 3.8) is 0 Å². The molecule has 1 saturated heterocycles. The first-order valence-corrected chi connectivity index (χ1v) is 8.71. The molecule has 1 fully saturated rings. The Labute approximate surface area is 140 Å². The highest BCUT2D eigenvalue weighted by Gasteiger charge is 2.24. The molecular formula is C19H30N2O2. The number of piperidine rings is 1. The number of benzene rings is 1. The molecule has 4 heteroatoms. The van der Waals surface area contributed by atoms with E-state index in [-0.39, 0.29) is 12.0 Å². The molecule has 1 atom stereocenters. The highest BCUT2D eigenvalue weighted by molar-refractivity contribution is 5.78. The molecule has 1 aliphatic rings.